The van der Waals surface area contributed by atoms with Gasteiger partial charge in [0.1, 0.15) is 5.75 Å². The summed E-state index contributed by atoms with van der Waals surface area (Å²) in [7, 11) is 0. The molecular formula is C13H12ClF2NOS. The standard InChI is InChI=1S/C13H12ClF2NOS/c14-10-3-4-12(18-13(15)16)9(6-10)7-17-8-11-2-1-5-19-11/h1-6,13,17H,7-8H2. The first kappa shape index (κ1) is 14.2. The number of rotatable bonds is 6. The number of thiophene rings is 1. The van der Waals surface area contributed by atoms with E-state index in [1.807, 2.05) is 17.5 Å². The van der Waals surface area contributed by atoms with Gasteiger partial charge in [-0.3, -0.25) is 0 Å². The van der Waals surface area contributed by atoms with Crippen molar-refractivity contribution in [3.63, 3.8) is 0 Å². The monoisotopic (exact) mass is 303 g/mol. The first-order valence-corrected chi connectivity index (χ1v) is 6.87. The number of benzene rings is 1. The summed E-state index contributed by atoms with van der Waals surface area (Å²) >= 11 is 7.50. The molecule has 6 heteroatoms. The largest absolute Gasteiger partial charge is 0.434 e. The topological polar surface area (TPSA) is 21.3 Å². The molecule has 0 fully saturated rings. The SMILES string of the molecule is FC(F)Oc1ccc(Cl)cc1CNCc1cccs1. The first-order valence-electron chi connectivity index (χ1n) is 5.61. The third-order valence-corrected chi connectivity index (χ3v) is 3.54. The van der Waals surface area contributed by atoms with Crippen molar-refractivity contribution >= 4 is 22.9 Å². The lowest BCUT2D eigenvalue weighted by molar-refractivity contribution is -0.0505. The van der Waals surface area contributed by atoms with Crippen LogP contribution in [-0.2, 0) is 13.1 Å². The zero-order valence-electron chi connectivity index (χ0n) is 9.91. The van der Waals surface area contributed by atoms with Gasteiger partial charge < -0.3 is 10.1 Å². The normalized spacial score (nSPS) is 10.9. The van der Waals surface area contributed by atoms with Crippen LogP contribution in [0.25, 0.3) is 0 Å². The van der Waals surface area contributed by atoms with E-state index >= 15 is 0 Å². The highest BCUT2D eigenvalue weighted by atomic mass is 35.5. The Morgan fingerprint density at radius 3 is 2.79 bits per heavy atom. The van der Waals surface area contributed by atoms with Gasteiger partial charge in [0.05, 0.1) is 0 Å². The highest BCUT2D eigenvalue weighted by molar-refractivity contribution is 7.09. The number of hydrogen-bond donors (Lipinski definition) is 1. The quantitative estimate of drug-likeness (QED) is 0.859. The predicted octanol–water partition coefficient (Wildman–Crippen LogP) is 4.29. The predicted molar refractivity (Wildman–Crippen MR) is 72.9 cm³/mol. The van der Waals surface area contributed by atoms with Crippen LogP contribution in [0.2, 0.25) is 5.02 Å². The average molecular weight is 304 g/mol. The van der Waals surface area contributed by atoms with Gasteiger partial charge >= 0.3 is 6.61 Å². The number of ether oxygens (including phenoxy) is 1. The van der Waals surface area contributed by atoms with Crippen LogP contribution in [0, 0.1) is 0 Å². The summed E-state index contributed by atoms with van der Waals surface area (Å²) in [5.41, 5.74) is 0.615. The highest BCUT2D eigenvalue weighted by Crippen LogP contribution is 2.24. The van der Waals surface area contributed by atoms with Crippen molar-refractivity contribution in [1.82, 2.24) is 5.32 Å². The summed E-state index contributed by atoms with van der Waals surface area (Å²) in [6, 6.07) is 8.58. The van der Waals surface area contributed by atoms with E-state index in [0.29, 0.717) is 23.7 Å². The van der Waals surface area contributed by atoms with Crippen LogP contribution >= 0.6 is 22.9 Å². The molecule has 0 saturated heterocycles. The van der Waals surface area contributed by atoms with Crippen molar-refractivity contribution in [3.05, 3.63) is 51.2 Å². The Balaban J connectivity index is 1.99. The fourth-order valence-corrected chi connectivity index (χ4v) is 2.50. The Morgan fingerprint density at radius 2 is 2.11 bits per heavy atom. The zero-order valence-corrected chi connectivity index (χ0v) is 11.5. The van der Waals surface area contributed by atoms with Crippen LogP contribution in [0.15, 0.2) is 35.7 Å². The maximum atomic E-state index is 12.3. The molecule has 2 rings (SSSR count). The second-order valence-corrected chi connectivity index (χ2v) is 5.28. The molecule has 1 aromatic heterocycles. The Hall–Kier alpha value is -1.17. The second kappa shape index (κ2) is 6.84. The molecule has 0 unspecified atom stereocenters. The van der Waals surface area contributed by atoms with Gasteiger partial charge in [-0.15, -0.1) is 11.3 Å². The molecule has 2 aromatic rings. The third kappa shape index (κ3) is 4.45. The Bertz CT molecular complexity index is 519. The Morgan fingerprint density at radius 1 is 1.26 bits per heavy atom. The van der Waals surface area contributed by atoms with E-state index in [9.17, 15) is 8.78 Å². The maximum absolute atomic E-state index is 12.3. The van der Waals surface area contributed by atoms with Gasteiger partial charge in [0.2, 0.25) is 0 Å². The summed E-state index contributed by atoms with van der Waals surface area (Å²) in [5.74, 6) is 0.151. The summed E-state index contributed by atoms with van der Waals surface area (Å²) in [4.78, 5) is 1.18. The first-order chi connectivity index (χ1) is 9.15. The van der Waals surface area contributed by atoms with Crippen molar-refractivity contribution < 1.29 is 13.5 Å². The fraction of sp³-hybridized carbons (Fsp3) is 0.231. The van der Waals surface area contributed by atoms with Crippen LogP contribution < -0.4 is 10.1 Å². The molecule has 0 aliphatic heterocycles. The van der Waals surface area contributed by atoms with E-state index in [1.165, 1.54) is 17.0 Å². The van der Waals surface area contributed by atoms with E-state index in [0.717, 1.165) is 0 Å². The minimum atomic E-state index is -2.84. The van der Waals surface area contributed by atoms with Crippen LogP contribution in [0.5, 0.6) is 5.75 Å². The molecule has 0 aliphatic carbocycles. The van der Waals surface area contributed by atoms with Gasteiger partial charge in [-0.2, -0.15) is 8.78 Å². The van der Waals surface area contributed by atoms with Crippen molar-refractivity contribution in [3.8, 4) is 5.75 Å². The fourth-order valence-electron chi connectivity index (χ4n) is 1.63. The van der Waals surface area contributed by atoms with E-state index in [4.69, 9.17) is 11.6 Å². The van der Waals surface area contributed by atoms with Crippen LogP contribution in [-0.4, -0.2) is 6.61 Å². The van der Waals surface area contributed by atoms with Crippen molar-refractivity contribution in [2.24, 2.45) is 0 Å². The lowest BCUT2D eigenvalue weighted by atomic mass is 10.2. The molecule has 1 N–H and O–H groups in total. The number of hydrogen-bond acceptors (Lipinski definition) is 3. The van der Waals surface area contributed by atoms with Crippen LogP contribution in [0.1, 0.15) is 10.4 Å². The molecule has 1 aromatic carbocycles. The molecule has 2 nitrogen and oxygen atoms in total. The molecule has 102 valence electrons. The van der Waals surface area contributed by atoms with Gasteiger partial charge in [-0.1, -0.05) is 17.7 Å². The molecule has 19 heavy (non-hydrogen) atoms. The lowest BCUT2D eigenvalue weighted by Crippen LogP contribution is -2.14. The summed E-state index contributed by atoms with van der Waals surface area (Å²) < 4.78 is 29.0. The molecule has 0 radical (unpaired) electrons. The molecule has 0 atom stereocenters. The molecule has 0 amide bonds. The minimum absolute atomic E-state index is 0.151. The number of halogens is 3. The van der Waals surface area contributed by atoms with E-state index < -0.39 is 6.61 Å². The summed E-state index contributed by atoms with van der Waals surface area (Å²) in [5, 5.41) is 5.65. The van der Waals surface area contributed by atoms with Gasteiger partial charge in [0.25, 0.3) is 0 Å². The Labute approximate surface area is 119 Å². The van der Waals surface area contributed by atoms with Crippen LogP contribution in [0.3, 0.4) is 0 Å². The lowest BCUT2D eigenvalue weighted by Gasteiger charge is -2.11. The zero-order chi connectivity index (χ0) is 13.7. The third-order valence-electron chi connectivity index (χ3n) is 2.43. The van der Waals surface area contributed by atoms with E-state index in [-0.39, 0.29) is 5.75 Å². The Kier molecular flexibility index (Phi) is 5.13. The van der Waals surface area contributed by atoms with Gasteiger partial charge in [0.15, 0.2) is 0 Å². The average Bonchev–Trinajstić information content (AvgIpc) is 2.85. The van der Waals surface area contributed by atoms with Gasteiger partial charge in [-0.05, 0) is 29.6 Å². The minimum Gasteiger partial charge on any atom is -0.434 e. The maximum Gasteiger partial charge on any atom is 0.387 e. The van der Waals surface area contributed by atoms with Crippen LogP contribution in [0.4, 0.5) is 8.78 Å². The summed E-state index contributed by atoms with van der Waals surface area (Å²) in [6.07, 6.45) is 0. The van der Waals surface area contributed by atoms with Gasteiger partial charge in [0, 0.05) is 28.6 Å². The number of nitrogens with one attached hydrogen (secondary N) is 1. The smallest absolute Gasteiger partial charge is 0.387 e. The molecular weight excluding hydrogens is 292 g/mol. The molecule has 1 heterocycles. The van der Waals surface area contributed by atoms with E-state index in [1.54, 1.807) is 17.4 Å². The highest BCUT2D eigenvalue weighted by Gasteiger charge is 2.10. The molecule has 0 spiro atoms. The summed E-state index contributed by atoms with van der Waals surface area (Å²) in [6.45, 7) is -1.74. The second-order valence-electron chi connectivity index (χ2n) is 3.81. The molecule has 0 saturated carbocycles. The number of alkyl halides is 2. The van der Waals surface area contributed by atoms with E-state index in [2.05, 4.69) is 10.1 Å². The molecule has 0 aliphatic rings. The van der Waals surface area contributed by atoms with Crippen molar-refractivity contribution in [2.45, 2.75) is 19.7 Å². The molecule has 0 bridgehead atoms. The van der Waals surface area contributed by atoms with Crippen molar-refractivity contribution in [2.75, 3.05) is 0 Å². The van der Waals surface area contributed by atoms with Gasteiger partial charge in [-0.25, -0.2) is 0 Å². The van der Waals surface area contributed by atoms with Crippen molar-refractivity contribution in [1.29, 1.82) is 0 Å².